The van der Waals surface area contributed by atoms with E-state index in [1.807, 2.05) is 30.3 Å². The van der Waals surface area contributed by atoms with E-state index in [1.54, 1.807) is 11.8 Å². The Morgan fingerprint density at radius 3 is 2.53 bits per heavy atom. The summed E-state index contributed by atoms with van der Waals surface area (Å²) in [7, 11) is -3.47. The molecule has 0 saturated carbocycles. The summed E-state index contributed by atoms with van der Waals surface area (Å²) in [5.74, 6) is 0.671. The van der Waals surface area contributed by atoms with Gasteiger partial charge in [0.25, 0.3) is 0 Å². The number of aromatic nitrogens is 2. The van der Waals surface area contributed by atoms with Gasteiger partial charge in [0.1, 0.15) is 0 Å². The SMILES string of the molecule is O=C(CCCS(=O)(=O)c1ccc(Cl)cc1)Nc1nnc(CCSc2ccccc2)o1. The molecule has 158 valence electrons. The van der Waals surface area contributed by atoms with Gasteiger partial charge in [-0.25, -0.2) is 8.42 Å². The number of hydrogen-bond donors (Lipinski definition) is 1. The van der Waals surface area contributed by atoms with E-state index in [4.69, 9.17) is 16.0 Å². The molecule has 1 amide bonds. The second-order valence-corrected chi connectivity index (χ2v) is 10.1. The molecule has 2 aromatic carbocycles. The van der Waals surface area contributed by atoms with Gasteiger partial charge >= 0.3 is 6.01 Å². The van der Waals surface area contributed by atoms with Crippen molar-refractivity contribution in [1.29, 1.82) is 0 Å². The van der Waals surface area contributed by atoms with Crippen molar-refractivity contribution >= 4 is 45.1 Å². The summed E-state index contributed by atoms with van der Waals surface area (Å²) in [5, 5.41) is 10.7. The number of thioether (sulfide) groups is 1. The summed E-state index contributed by atoms with van der Waals surface area (Å²) < 4.78 is 30.0. The molecule has 0 fully saturated rings. The summed E-state index contributed by atoms with van der Waals surface area (Å²) in [6.07, 6.45) is 0.766. The highest BCUT2D eigenvalue weighted by atomic mass is 35.5. The number of rotatable bonds is 10. The van der Waals surface area contributed by atoms with Gasteiger partial charge in [0.2, 0.25) is 11.8 Å². The summed E-state index contributed by atoms with van der Waals surface area (Å²) in [6, 6.07) is 15.9. The van der Waals surface area contributed by atoms with Crippen LogP contribution in [-0.4, -0.2) is 36.0 Å². The summed E-state index contributed by atoms with van der Waals surface area (Å²) in [6.45, 7) is 0. The molecule has 3 aromatic rings. The molecule has 10 heteroatoms. The molecule has 0 unspecified atom stereocenters. The van der Waals surface area contributed by atoms with E-state index in [0.717, 1.165) is 10.6 Å². The second-order valence-electron chi connectivity index (χ2n) is 6.34. The van der Waals surface area contributed by atoms with Crippen molar-refractivity contribution in [2.75, 3.05) is 16.8 Å². The van der Waals surface area contributed by atoms with E-state index in [1.165, 1.54) is 24.3 Å². The molecule has 0 saturated heterocycles. The first kappa shape index (κ1) is 22.3. The lowest BCUT2D eigenvalue weighted by atomic mass is 10.3. The normalized spacial score (nSPS) is 11.4. The minimum absolute atomic E-state index is 0.0141. The number of nitrogens with zero attached hydrogens (tertiary/aromatic N) is 2. The van der Waals surface area contributed by atoms with Crippen molar-refractivity contribution in [2.45, 2.75) is 29.1 Å². The third kappa shape index (κ3) is 6.86. The molecular formula is C20H20ClN3O4S2. The molecule has 1 N–H and O–H groups in total. The van der Waals surface area contributed by atoms with Gasteiger partial charge in [0.05, 0.1) is 10.6 Å². The highest BCUT2D eigenvalue weighted by Gasteiger charge is 2.16. The van der Waals surface area contributed by atoms with E-state index >= 15 is 0 Å². The largest absolute Gasteiger partial charge is 0.408 e. The number of carbonyl (C=O) groups excluding carboxylic acids is 1. The Kier molecular flexibility index (Phi) is 7.89. The van der Waals surface area contributed by atoms with Gasteiger partial charge in [0.15, 0.2) is 9.84 Å². The van der Waals surface area contributed by atoms with Gasteiger partial charge in [-0.1, -0.05) is 34.9 Å². The van der Waals surface area contributed by atoms with Crippen molar-refractivity contribution in [1.82, 2.24) is 10.2 Å². The van der Waals surface area contributed by atoms with Crippen LogP contribution in [0.5, 0.6) is 0 Å². The zero-order chi connectivity index (χ0) is 21.4. The van der Waals surface area contributed by atoms with Crippen LogP contribution in [0.15, 0.2) is 68.8 Å². The number of anilines is 1. The van der Waals surface area contributed by atoms with Gasteiger partial charge in [-0.05, 0) is 42.8 Å². The maximum atomic E-state index is 12.3. The molecule has 0 aliphatic heterocycles. The maximum absolute atomic E-state index is 12.3. The smallest absolute Gasteiger partial charge is 0.322 e. The molecule has 3 rings (SSSR count). The molecule has 30 heavy (non-hydrogen) atoms. The number of aryl methyl sites for hydroxylation is 1. The Balaban J connectivity index is 1.40. The van der Waals surface area contributed by atoms with E-state index in [-0.39, 0.29) is 35.4 Å². The zero-order valence-corrected chi connectivity index (χ0v) is 18.3. The molecular weight excluding hydrogens is 446 g/mol. The lowest BCUT2D eigenvalue weighted by Gasteiger charge is -2.04. The standard InChI is InChI=1S/C20H20ClN3O4S2/c21-15-8-10-17(11-9-15)30(26,27)14-4-7-18(25)22-20-24-23-19(28-20)12-13-29-16-5-2-1-3-6-16/h1-3,5-6,8-11H,4,7,12-14H2,(H,22,24,25). The van der Waals surface area contributed by atoms with Gasteiger partial charge in [-0.2, -0.15) is 0 Å². The first-order chi connectivity index (χ1) is 14.4. The van der Waals surface area contributed by atoms with E-state index < -0.39 is 9.84 Å². The van der Waals surface area contributed by atoms with Crippen LogP contribution >= 0.6 is 23.4 Å². The molecule has 0 radical (unpaired) electrons. The third-order valence-corrected chi connectivity index (χ3v) is 7.11. The summed E-state index contributed by atoms with van der Waals surface area (Å²) >= 11 is 7.44. The molecule has 0 aliphatic rings. The Morgan fingerprint density at radius 1 is 1.07 bits per heavy atom. The third-order valence-electron chi connectivity index (χ3n) is 4.03. The van der Waals surface area contributed by atoms with Crippen LogP contribution in [0.25, 0.3) is 0 Å². The number of halogens is 1. The number of carbonyl (C=O) groups is 1. The second kappa shape index (κ2) is 10.6. The van der Waals surface area contributed by atoms with E-state index in [0.29, 0.717) is 17.3 Å². The van der Waals surface area contributed by atoms with Crippen LogP contribution in [0, 0.1) is 0 Å². The van der Waals surface area contributed by atoms with Gasteiger partial charge in [-0.15, -0.1) is 16.9 Å². The Bertz CT molecular complexity index is 1070. The topological polar surface area (TPSA) is 102 Å². The zero-order valence-electron chi connectivity index (χ0n) is 16.0. The molecule has 0 bridgehead atoms. The molecule has 0 aliphatic carbocycles. The average Bonchev–Trinajstić information content (AvgIpc) is 3.16. The Hall–Kier alpha value is -2.36. The highest BCUT2D eigenvalue weighted by molar-refractivity contribution is 7.99. The fourth-order valence-corrected chi connectivity index (χ4v) is 4.84. The fourth-order valence-electron chi connectivity index (χ4n) is 2.54. The minimum atomic E-state index is -3.47. The molecule has 0 spiro atoms. The minimum Gasteiger partial charge on any atom is -0.408 e. The Labute approximate surface area is 184 Å². The van der Waals surface area contributed by atoms with Crippen LogP contribution in [0.3, 0.4) is 0 Å². The summed E-state index contributed by atoms with van der Waals surface area (Å²) in [5.41, 5.74) is 0. The van der Waals surface area contributed by atoms with Crippen molar-refractivity contribution in [3.8, 4) is 0 Å². The van der Waals surface area contributed by atoms with E-state index in [9.17, 15) is 13.2 Å². The van der Waals surface area contributed by atoms with Gasteiger partial charge < -0.3 is 4.42 Å². The first-order valence-corrected chi connectivity index (χ1v) is 12.2. The summed E-state index contributed by atoms with van der Waals surface area (Å²) in [4.78, 5) is 13.4. The number of hydrogen-bond acceptors (Lipinski definition) is 7. The molecule has 1 aromatic heterocycles. The molecule has 1 heterocycles. The quantitative estimate of drug-likeness (QED) is 0.446. The van der Waals surface area contributed by atoms with Crippen LogP contribution in [0.4, 0.5) is 6.01 Å². The number of nitrogens with one attached hydrogen (secondary N) is 1. The van der Waals surface area contributed by atoms with E-state index in [2.05, 4.69) is 15.5 Å². The van der Waals surface area contributed by atoms with Crippen molar-refractivity contribution in [3.63, 3.8) is 0 Å². The van der Waals surface area contributed by atoms with Crippen LogP contribution < -0.4 is 5.32 Å². The lowest BCUT2D eigenvalue weighted by molar-refractivity contribution is -0.116. The first-order valence-electron chi connectivity index (χ1n) is 9.21. The van der Waals surface area contributed by atoms with Crippen molar-refractivity contribution in [3.05, 3.63) is 65.5 Å². The van der Waals surface area contributed by atoms with Crippen LogP contribution in [0.1, 0.15) is 18.7 Å². The number of benzene rings is 2. The monoisotopic (exact) mass is 465 g/mol. The predicted molar refractivity (Wildman–Crippen MR) is 117 cm³/mol. The number of sulfone groups is 1. The van der Waals surface area contributed by atoms with Crippen LogP contribution in [-0.2, 0) is 21.1 Å². The van der Waals surface area contributed by atoms with Gasteiger partial charge in [-0.3, -0.25) is 10.1 Å². The maximum Gasteiger partial charge on any atom is 0.322 e. The average molecular weight is 466 g/mol. The lowest BCUT2D eigenvalue weighted by Crippen LogP contribution is -2.14. The fraction of sp³-hybridized carbons (Fsp3) is 0.250. The molecule has 0 atom stereocenters. The van der Waals surface area contributed by atoms with Gasteiger partial charge in [0, 0.05) is 28.5 Å². The van der Waals surface area contributed by atoms with Crippen molar-refractivity contribution < 1.29 is 17.6 Å². The Morgan fingerprint density at radius 2 is 1.80 bits per heavy atom. The highest BCUT2D eigenvalue weighted by Crippen LogP contribution is 2.19. The number of amides is 1. The van der Waals surface area contributed by atoms with Crippen LogP contribution in [0.2, 0.25) is 5.02 Å². The van der Waals surface area contributed by atoms with Crippen molar-refractivity contribution in [2.24, 2.45) is 0 Å². The molecule has 7 nitrogen and oxygen atoms in total. The predicted octanol–water partition coefficient (Wildman–Crippen LogP) is 4.25.